The maximum atomic E-state index is 10.7. The summed E-state index contributed by atoms with van der Waals surface area (Å²) >= 11 is 0. The van der Waals surface area contributed by atoms with E-state index in [0.717, 1.165) is 0 Å². The highest BCUT2D eigenvalue weighted by Gasteiger charge is 2.36. The van der Waals surface area contributed by atoms with Gasteiger partial charge >= 0.3 is 6.09 Å². The molecule has 1 aliphatic heterocycles. The standard InChI is InChI=1S/C8H16N2O3/c1-6-4-8(9,5-11)2-3-10(6)7(12)13/h6,11H,2-5,9H2,1H3,(H,12,13). The highest BCUT2D eigenvalue weighted by Crippen LogP contribution is 2.24. The van der Waals surface area contributed by atoms with Crippen molar-refractivity contribution in [3.63, 3.8) is 0 Å². The number of piperidine rings is 1. The molecular formula is C8H16N2O3. The Balaban J connectivity index is 2.61. The van der Waals surface area contributed by atoms with Crippen LogP contribution in [0.3, 0.4) is 0 Å². The van der Waals surface area contributed by atoms with Crippen molar-refractivity contribution in [3.05, 3.63) is 0 Å². The van der Waals surface area contributed by atoms with Gasteiger partial charge in [-0.2, -0.15) is 0 Å². The van der Waals surface area contributed by atoms with E-state index in [4.69, 9.17) is 15.9 Å². The molecule has 2 unspecified atom stereocenters. The number of aliphatic hydroxyl groups excluding tert-OH is 1. The Morgan fingerprint density at radius 1 is 1.77 bits per heavy atom. The van der Waals surface area contributed by atoms with E-state index in [-0.39, 0.29) is 12.6 Å². The van der Waals surface area contributed by atoms with E-state index < -0.39 is 11.6 Å². The molecule has 5 nitrogen and oxygen atoms in total. The van der Waals surface area contributed by atoms with Gasteiger partial charge in [-0.05, 0) is 19.8 Å². The zero-order valence-corrected chi connectivity index (χ0v) is 7.73. The fraction of sp³-hybridized carbons (Fsp3) is 0.875. The topological polar surface area (TPSA) is 86.8 Å². The molecule has 1 heterocycles. The average molecular weight is 188 g/mol. The number of carbonyl (C=O) groups is 1. The van der Waals surface area contributed by atoms with E-state index in [1.807, 2.05) is 6.92 Å². The van der Waals surface area contributed by atoms with Crippen LogP contribution < -0.4 is 5.73 Å². The second-order valence-electron chi connectivity index (χ2n) is 3.80. The normalized spacial score (nSPS) is 34.7. The van der Waals surface area contributed by atoms with Gasteiger partial charge in [0.15, 0.2) is 0 Å². The third kappa shape index (κ3) is 2.10. The second-order valence-corrected chi connectivity index (χ2v) is 3.80. The van der Waals surface area contributed by atoms with E-state index >= 15 is 0 Å². The fourth-order valence-corrected chi connectivity index (χ4v) is 1.79. The van der Waals surface area contributed by atoms with Gasteiger partial charge in [-0.3, -0.25) is 0 Å². The lowest BCUT2D eigenvalue weighted by Crippen LogP contribution is -2.57. The number of hydrogen-bond acceptors (Lipinski definition) is 3. The maximum Gasteiger partial charge on any atom is 0.407 e. The molecule has 0 aromatic carbocycles. The number of likely N-dealkylation sites (tertiary alicyclic amines) is 1. The summed E-state index contributed by atoms with van der Waals surface area (Å²) in [4.78, 5) is 12.0. The van der Waals surface area contributed by atoms with Crippen LogP contribution in [0.5, 0.6) is 0 Å². The molecule has 0 aliphatic carbocycles. The van der Waals surface area contributed by atoms with Gasteiger partial charge in [-0.1, -0.05) is 0 Å². The van der Waals surface area contributed by atoms with Crippen LogP contribution in [-0.2, 0) is 0 Å². The smallest absolute Gasteiger partial charge is 0.407 e. The van der Waals surface area contributed by atoms with Crippen molar-refractivity contribution in [1.82, 2.24) is 4.90 Å². The third-order valence-corrected chi connectivity index (χ3v) is 2.65. The van der Waals surface area contributed by atoms with Crippen LogP contribution in [-0.4, -0.2) is 45.9 Å². The molecule has 0 aromatic rings. The van der Waals surface area contributed by atoms with Crippen molar-refractivity contribution in [2.75, 3.05) is 13.2 Å². The van der Waals surface area contributed by atoms with Gasteiger partial charge in [0, 0.05) is 18.1 Å². The van der Waals surface area contributed by atoms with E-state index in [1.165, 1.54) is 4.90 Å². The van der Waals surface area contributed by atoms with Crippen LogP contribution in [0, 0.1) is 0 Å². The summed E-state index contributed by atoms with van der Waals surface area (Å²) in [5.41, 5.74) is 5.25. The number of rotatable bonds is 1. The average Bonchev–Trinajstić information content (AvgIpc) is 2.03. The molecule has 0 radical (unpaired) electrons. The van der Waals surface area contributed by atoms with Crippen molar-refractivity contribution in [2.24, 2.45) is 5.73 Å². The number of carboxylic acid groups (broad SMARTS) is 1. The van der Waals surface area contributed by atoms with Crippen LogP contribution in [0.4, 0.5) is 4.79 Å². The molecule has 1 saturated heterocycles. The molecule has 1 rings (SSSR count). The van der Waals surface area contributed by atoms with E-state index in [0.29, 0.717) is 19.4 Å². The predicted molar refractivity (Wildman–Crippen MR) is 47.4 cm³/mol. The summed E-state index contributed by atoms with van der Waals surface area (Å²) in [5, 5.41) is 17.8. The van der Waals surface area contributed by atoms with E-state index in [1.54, 1.807) is 0 Å². The number of amides is 1. The first kappa shape index (κ1) is 10.3. The molecule has 0 saturated carbocycles. The van der Waals surface area contributed by atoms with Gasteiger partial charge in [0.1, 0.15) is 0 Å². The lowest BCUT2D eigenvalue weighted by Gasteiger charge is -2.41. The zero-order chi connectivity index (χ0) is 10.1. The summed E-state index contributed by atoms with van der Waals surface area (Å²) < 4.78 is 0. The summed E-state index contributed by atoms with van der Waals surface area (Å²) in [6.07, 6.45) is 0.142. The van der Waals surface area contributed by atoms with E-state index in [2.05, 4.69) is 0 Å². The van der Waals surface area contributed by atoms with Crippen molar-refractivity contribution in [2.45, 2.75) is 31.3 Å². The highest BCUT2D eigenvalue weighted by atomic mass is 16.4. The van der Waals surface area contributed by atoms with Crippen LogP contribution in [0.25, 0.3) is 0 Å². The Bertz CT molecular complexity index is 210. The Hall–Kier alpha value is -0.810. The molecule has 1 fully saturated rings. The molecule has 1 amide bonds. The van der Waals surface area contributed by atoms with Crippen molar-refractivity contribution >= 4 is 6.09 Å². The van der Waals surface area contributed by atoms with Gasteiger partial charge in [0.2, 0.25) is 0 Å². The van der Waals surface area contributed by atoms with Crippen molar-refractivity contribution < 1.29 is 15.0 Å². The molecule has 4 N–H and O–H groups in total. The first-order valence-electron chi connectivity index (χ1n) is 4.38. The Labute approximate surface area is 77.1 Å². The van der Waals surface area contributed by atoms with Crippen LogP contribution in [0.1, 0.15) is 19.8 Å². The first-order valence-corrected chi connectivity index (χ1v) is 4.38. The number of aliphatic hydroxyl groups is 1. The van der Waals surface area contributed by atoms with Crippen LogP contribution in [0.2, 0.25) is 0 Å². The predicted octanol–water partition coefficient (Wildman–Crippen LogP) is -0.161. The molecule has 76 valence electrons. The number of hydrogen-bond donors (Lipinski definition) is 3. The third-order valence-electron chi connectivity index (χ3n) is 2.65. The molecule has 13 heavy (non-hydrogen) atoms. The number of nitrogens with two attached hydrogens (primary N) is 1. The minimum Gasteiger partial charge on any atom is -0.465 e. The minimum atomic E-state index is -0.910. The Kier molecular flexibility index (Phi) is 2.77. The Morgan fingerprint density at radius 2 is 2.38 bits per heavy atom. The summed E-state index contributed by atoms with van der Waals surface area (Å²) in [6.45, 7) is 2.14. The SMILES string of the molecule is CC1CC(N)(CO)CCN1C(=O)O. The molecule has 0 spiro atoms. The Morgan fingerprint density at radius 3 is 2.77 bits per heavy atom. The second kappa shape index (κ2) is 3.51. The highest BCUT2D eigenvalue weighted by molar-refractivity contribution is 5.65. The van der Waals surface area contributed by atoms with Crippen LogP contribution in [0.15, 0.2) is 0 Å². The quantitative estimate of drug-likeness (QED) is 0.533. The van der Waals surface area contributed by atoms with Crippen molar-refractivity contribution in [3.8, 4) is 0 Å². The fourth-order valence-electron chi connectivity index (χ4n) is 1.79. The first-order chi connectivity index (χ1) is 5.98. The molecule has 5 heteroatoms. The van der Waals surface area contributed by atoms with E-state index in [9.17, 15) is 4.79 Å². The molecule has 1 aliphatic rings. The summed E-state index contributed by atoms with van der Waals surface area (Å²) in [6, 6.07) is -0.108. The lowest BCUT2D eigenvalue weighted by molar-refractivity contribution is 0.0641. The largest absolute Gasteiger partial charge is 0.465 e. The zero-order valence-electron chi connectivity index (χ0n) is 7.73. The van der Waals surface area contributed by atoms with Gasteiger partial charge in [-0.15, -0.1) is 0 Å². The van der Waals surface area contributed by atoms with Gasteiger partial charge in [-0.25, -0.2) is 4.79 Å². The molecular weight excluding hydrogens is 172 g/mol. The summed E-state index contributed by atoms with van der Waals surface area (Å²) in [5.74, 6) is 0. The monoisotopic (exact) mass is 188 g/mol. The molecule has 2 atom stereocenters. The lowest BCUT2D eigenvalue weighted by atomic mass is 9.85. The molecule has 0 bridgehead atoms. The molecule has 0 aromatic heterocycles. The van der Waals surface area contributed by atoms with Crippen molar-refractivity contribution in [1.29, 1.82) is 0 Å². The summed E-state index contributed by atoms with van der Waals surface area (Å²) in [7, 11) is 0. The van der Waals surface area contributed by atoms with Gasteiger partial charge in [0.25, 0.3) is 0 Å². The maximum absolute atomic E-state index is 10.7. The van der Waals surface area contributed by atoms with Gasteiger partial charge < -0.3 is 20.8 Å². The minimum absolute atomic E-state index is 0.0786. The van der Waals surface area contributed by atoms with Crippen LogP contribution >= 0.6 is 0 Å². The van der Waals surface area contributed by atoms with Gasteiger partial charge in [0.05, 0.1) is 6.61 Å². The number of nitrogens with zero attached hydrogens (tertiary/aromatic N) is 1.